The van der Waals surface area contributed by atoms with E-state index in [1.54, 1.807) is 6.07 Å². The first-order chi connectivity index (χ1) is 7.27. The number of pyridine rings is 1. The fraction of sp³-hybridized carbons (Fsp3) is 0.400. The standard InChI is InChI=1S/C10H12N2O3/c13-7-3-1-5-11-9(7)12-10(14)8-4-2-6-15-8/h1,3,5,8,13H,2,4,6H2,(H,11,12,14)/t8-/m0/s1. The molecule has 1 saturated heterocycles. The number of amides is 1. The molecule has 5 nitrogen and oxygen atoms in total. The van der Waals surface area contributed by atoms with Crippen LogP contribution in [0.1, 0.15) is 12.8 Å². The molecule has 0 radical (unpaired) electrons. The molecule has 2 heterocycles. The summed E-state index contributed by atoms with van der Waals surface area (Å²) in [4.78, 5) is 15.4. The maximum Gasteiger partial charge on any atom is 0.254 e. The van der Waals surface area contributed by atoms with E-state index in [4.69, 9.17) is 4.74 Å². The van der Waals surface area contributed by atoms with E-state index in [0.717, 1.165) is 12.8 Å². The normalized spacial score (nSPS) is 20.1. The first kappa shape index (κ1) is 9.92. The summed E-state index contributed by atoms with van der Waals surface area (Å²) in [6.07, 6.45) is 2.71. The molecule has 0 unspecified atom stereocenters. The lowest BCUT2D eigenvalue weighted by atomic mass is 10.2. The van der Waals surface area contributed by atoms with E-state index in [-0.39, 0.29) is 17.5 Å². The van der Waals surface area contributed by atoms with Gasteiger partial charge in [-0.15, -0.1) is 0 Å². The fourth-order valence-corrected chi connectivity index (χ4v) is 1.47. The van der Waals surface area contributed by atoms with Crippen LogP contribution in [0, 0.1) is 0 Å². The van der Waals surface area contributed by atoms with Crippen LogP contribution in [0.2, 0.25) is 0 Å². The zero-order chi connectivity index (χ0) is 10.7. The molecule has 2 rings (SSSR count). The molecule has 0 saturated carbocycles. The lowest BCUT2D eigenvalue weighted by Gasteiger charge is -2.10. The smallest absolute Gasteiger partial charge is 0.254 e. The molecule has 0 aromatic carbocycles. The quantitative estimate of drug-likeness (QED) is 0.757. The van der Waals surface area contributed by atoms with Crippen molar-refractivity contribution in [1.29, 1.82) is 0 Å². The second kappa shape index (κ2) is 4.27. The third-order valence-electron chi connectivity index (χ3n) is 2.25. The summed E-state index contributed by atoms with van der Waals surface area (Å²) in [6, 6.07) is 3.06. The van der Waals surface area contributed by atoms with Crippen molar-refractivity contribution in [1.82, 2.24) is 4.98 Å². The number of anilines is 1. The van der Waals surface area contributed by atoms with Gasteiger partial charge in [-0.3, -0.25) is 4.79 Å². The summed E-state index contributed by atoms with van der Waals surface area (Å²) >= 11 is 0. The number of aromatic nitrogens is 1. The number of rotatable bonds is 2. The topological polar surface area (TPSA) is 71.5 Å². The van der Waals surface area contributed by atoms with Crippen molar-refractivity contribution in [3.8, 4) is 5.75 Å². The highest BCUT2D eigenvalue weighted by atomic mass is 16.5. The monoisotopic (exact) mass is 208 g/mol. The molecule has 1 aliphatic heterocycles. The Labute approximate surface area is 87.1 Å². The van der Waals surface area contributed by atoms with Crippen LogP contribution >= 0.6 is 0 Å². The fourth-order valence-electron chi connectivity index (χ4n) is 1.47. The van der Waals surface area contributed by atoms with Gasteiger partial charge >= 0.3 is 0 Å². The Balaban J connectivity index is 2.02. The van der Waals surface area contributed by atoms with E-state index in [2.05, 4.69) is 10.3 Å². The van der Waals surface area contributed by atoms with E-state index < -0.39 is 6.10 Å². The SMILES string of the molecule is O=C(Nc1ncccc1O)[C@@H]1CCCO1. The van der Waals surface area contributed by atoms with Gasteiger partial charge in [-0.2, -0.15) is 0 Å². The molecule has 1 aromatic heterocycles. The molecule has 2 N–H and O–H groups in total. The van der Waals surface area contributed by atoms with Crippen molar-refractivity contribution in [2.24, 2.45) is 0 Å². The molecule has 0 aliphatic carbocycles. The molecule has 0 spiro atoms. The summed E-state index contributed by atoms with van der Waals surface area (Å²) in [5, 5.41) is 11.9. The number of carbonyl (C=O) groups is 1. The molecule has 1 aromatic rings. The second-order valence-electron chi connectivity index (χ2n) is 3.36. The number of hydrogen-bond acceptors (Lipinski definition) is 4. The minimum Gasteiger partial charge on any atom is -0.504 e. The predicted molar refractivity (Wildman–Crippen MR) is 53.5 cm³/mol. The highest BCUT2D eigenvalue weighted by Gasteiger charge is 2.24. The maximum atomic E-state index is 11.6. The Morgan fingerprint density at radius 2 is 2.53 bits per heavy atom. The molecular weight excluding hydrogens is 196 g/mol. The summed E-state index contributed by atoms with van der Waals surface area (Å²) < 4.78 is 5.21. The summed E-state index contributed by atoms with van der Waals surface area (Å²) in [5.74, 6) is -0.108. The van der Waals surface area contributed by atoms with Gasteiger partial charge in [-0.05, 0) is 25.0 Å². The van der Waals surface area contributed by atoms with Crippen LogP contribution in [-0.2, 0) is 9.53 Å². The number of nitrogens with zero attached hydrogens (tertiary/aromatic N) is 1. The van der Waals surface area contributed by atoms with Gasteiger partial charge in [0.2, 0.25) is 0 Å². The predicted octanol–water partition coefficient (Wildman–Crippen LogP) is 0.905. The van der Waals surface area contributed by atoms with Crippen LogP contribution in [0.25, 0.3) is 0 Å². The molecular formula is C10H12N2O3. The summed E-state index contributed by atoms with van der Waals surface area (Å²) in [6.45, 7) is 0.617. The minimum atomic E-state index is -0.411. The number of ether oxygens (including phenoxy) is 1. The van der Waals surface area contributed by atoms with E-state index in [0.29, 0.717) is 6.61 Å². The van der Waals surface area contributed by atoms with Crippen molar-refractivity contribution in [3.05, 3.63) is 18.3 Å². The van der Waals surface area contributed by atoms with Crippen molar-refractivity contribution < 1.29 is 14.6 Å². The third-order valence-corrected chi connectivity index (χ3v) is 2.25. The van der Waals surface area contributed by atoms with Crippen LogP contribution < -0.4 is 5.32 Å². The third kappa shape index (κ3) is 2.24. The van der Waals surface area contributed by atoms with E-state index in [1.807, 2.05) is 0 Å². The van der Waals surface area contributed by atoms with Crippen molar-refractivity contribution >= 4 is 11.7 Å². The van der Waals surface area contributed by atoms with Gasteiger partial charge in [0.25, 0.3) is 5.91 Å². The van der Waals surface area contributed by atoms with E-state index >= 15 is 0 Å². The van der Waals surface area contributed by atoms with E-state index in [1.165, 1.54) is 12.3 Å². The Morgan fingerprint density at radius 1 is 1.67 bits per heavy atom. The molecule has 15 heavy (non-hydrogen) atoms. The average molecular weight is 208 g/mol. The molecule has 80 valence electrons. The first-order valence-electron chi connectivity index (χ1n) is 4.84. The molecule has 1 amide bonds. The van der Waals surface area contributed by atoms with Crippen LogP contribution in [0.5, 0.6) is 5.75 Å². The van der Waals surface area contributed by atoms with Crippen LogP contribution in [0.15, 0.2) is 18.3 Å². The van der Waals surface area contributed by atoms with Crippen LogP contribution in [0.3, 0.4) is 0 Å². The van der Waals surface area contributed by atoms with Gasteiger partial charge in [0, 0.05) is 12.8 Å². The lowest BCUT2D eigenvalue weighted by Crippen LogP contribution is -2.27. The number of aromatic hydroxyl groups is 1. The minimum absolute atomic E-state index is 0.0381. The largest absolute Gasteiger partial charge is 0.504 e. The highest BCUT2D eigenvalue weighted by Crippen LogP contribution is 2.20. The lowest BCUT2D eigenvalue weighted by molar-refractivity contribution is -0.124. The van der Waals surface area contributed by atoms with Crippen LogP contribution in [-0.4, -0.2) is 28.7 Å². The zero-order valence-corrected chi connectivity index (χ0v) is 8.14. The van der Waals surface area contributed by atoms with Crippen molar-refractivity contribution in [2.45, 2.75) is 18.9 Å². The number of nitrogens with one attached hydrogen (secondary N) is 1. The van der Waals surface area contributed by atoms with E-state index in [9.17, 15) is 9.90 Å². The second-order valence-corrected chi connectivity index (χ2v) is 3.36. The van der Waals surface area contributed by atoms with Crippen molar-refractivity contribution in [3.63, 3.8) is 0 Å². The Bertz CT molecular complexity index is 361. The van der Waals surface area contributed by atoms with Gasteiger partial charge in [-0.1, -0.05) is 0 Å². The Hall–Kier alpha value is -1.62. The Kier molecular flexibility index (Phi) is 2.82. The molecule has 1 fully saturated rings. The molecule has 5 heteroatoms. The average Bonchev–Trinajstić information content (AvgIpc) is 2.74. The van der Waals surface area contributed by atoms with Gasteiger partial charge in [-0.25, -0.2) is 4.98 Å². The molecule has 0 bridgehead atoms. The van der Waals surface area contributed by atoms with Crippen LogP contribution in [0.4, 0.5) is 5.82 Å². The van der Waals surface area contributed by atoms with Gasteiger partial charge in [0.05, 0.1) is 0 Å². The zero-order valence-electron chi connectivity index (χ0n) is 8.14. The summed E-state index contributed by atoms with van der Waals surface area (Å²) in [7, 11) is 0. The number of carbonyl (C=O) groups excluding carboxylic acids is 1. The first-order valence-corrected chi connectivity index (χ1v) is 4.84. The highest BCUT2D eigenvalue weighted by molar-refractivity contribution is 5.94. The van der Waals surface area contributed by atoms with Gasteiger partial charge in [0.15, 0.2) is 11.6 Å². The Morgan fingerprint density at radius 3 is 3.20 bits per heavy atom. The maximum absolute atomic E-state index is 11.6. The van der Waals surface area contributed by atoms with Crippen molar-refractivity contribution in [2.75, 3.05) is 11.9 Å². The number of hydrogen-bond donors (Lipinski definition) is 2. The summed E-state index contributed by atoms with van der Waals surface area (Å²) in [5.41, 5.74) is 0. The van der Waals surface area contributed by atoms with Gasteiger partial charge < -0.3 is 15.2 Å². The molecule has 1 atom stereocenters. The van der Waals surface area contributed by atoms with Gasteiger partial charge in [0.1, 0.15) is 6.10 Å². The molecule has 1 aliphatic rings.